The van der Waals surface area contributed by atoms with Crippen LogP contribution in [0.3, 0.4) is 0 Å². The first-order valence-electron chi connectivity index (χ1n) is 4.66. The minimum Gasteiger partial charge on any atom is -0.337 e. The van der Waals surface area contributed by atoms with Crippen molar-refractivity contribution >= 4 is 43.5 Å². The highest BCUT2D eigenvalue weighted by Gasteiger charge is 2.18. The van der Waals surface area contributed by atoms with Crippen molar-refractivity contribution in [1.29, 1.82) is 0 Å². The van der Waals surface area contributed by atoms with Crippen LogP contribution >= 0.6 is 15.9 Å². The monoisotopic (exact) mass is 293 g/mol. The van der Waals surface area contributed by atoms with Crippen LogP contribution in [0.5, 0.6) is 0 Å². The SMILES string of the molecule is O=[N+]([O-])c1cccc2c1c(Br)cc1onnc12. The first kappa shape index (κ1) is 10.2. The van der Waals surface area contributed by atoms with Crippen molar-refractivity contribution in [3.8, 4) is 0 Å². The molecule has 0 saturated heterocycles. The number of halogens is 1. The normalized spacial score (nSPS) is 11.1. The highest BCUT2D eigenvalue weighted by atomic mass is 79.9. The summed E-state index contributed by atoms with van der Waals surface area (Å²) in [6.45, 7) is 0. The summed E-state index contributed by atoms with van der Waals surface area (Å²) in [5.74, 6) is 0. The fourth-order valence-corrected chi connectivity index (χ4v) is 2.43. The maximum atomic E-state index is 11.0. The van der Waals surface area contributed by atoms with Gasteiger partial charge in [-0.05, 0) is 15.9 Å². The Hall–Kier alpha value is -2.02. The van der Waals surface area contributed by atoms with Crippen LogP contribution in [-0.2, 0) is 0 Å². The molecule has 0 aliphatic heterocycles. The number of hydrogen-bond donors (Lipinski definition) is 0. The van der Waals surface area contributed by atoms with E-state index in [1.165, 1.54) is 6.07 Å². The third kappa shape index (κ3) is 1.39. The smallest absolute Gasteiger partial charge is 0.278 e. The van der Waals surface area contributed by atoms with E-state index < -0.39 is 4.92 Å². The molecule has 1 aromatic heterocycles. The number of nitro benzene ring substituents is 1. The molecule has 0 N–H and O–H groups in total. The highest BCUT2D eigenvalue weighted by molar-refractivity contribution is 9.10. The molecule has 1 heterocycles. The van der Waals surface area contributed by atoms with Gasteiger partial charge in [-0.3, -0.25) is 10.1 Å². The van der Waals surface area contributed by atoms with Crippen molar-refractivity contribution < 1.29 is 9.45 Å². The van der Waals surface area contributed by atoms with Crippen LogP contribution in [0.15, 0.2) is 33.3 Å². The zero-order chi connectivity index (χ0) is 12.0. The average molecular weight is 294 g/mol. The van der Waals surface area contributed by atoms with Gasteiger partial charge in [-0.1, -0.05) is 12.1 Å². The first-order valence-corrected chi connectivity index (χ1v) is 5.45. The number of fused-ring (bicyclic) bond motifs is 3. The summed E-state index contributed by atoms with van der Waals surface area (Å²) < 4.78 is 5.53. The molecule has 0 aliphatic rings. The zero-order valence-electron chi connectivity index (χ0n) is 8.25. The van der Waals surface area contributed by atoms with Crippen LogP contribution in [0.2, 0.25) is 0 Å². The molecule has 0 aliphatic carbocycles. The van der Waals surface area contributed by atoms with Crippen molar-refractivity contribution in [1.82, 2.24) is 10.4 Å². The summed E-state index contributed by atoms with van der Waals surface area (Å²) in [5, 5.41) is 19.4. The fourth-order valence-electron chi connectivity index (χ4n) is 1.81. The second-order valence-corrected chi connectivity index (χ2v) is 4.29. The second kappa shape index (κ2) is 3.49. The Kier molecular flexibility index (Phi) is 2.08. The van der Waals surface area contributed by atoms with Crippen LogP contribution in [0.4, 0.5) is 5.69 Å². The van der Waals surface area contributed by atoms with E-state index in [4.69, 9.17) is 4.52 Å². The Balaban J connectivity index is 2.60. The third-order valence-electron chi connectivity index (χ3n) is 2.50. The molecule has 0 spiro atoms. The molecule has 3 aromatic rings. The van der Waals surface area contributed by atoms with E-state index in [1.54, 1.807) is 18.2 Å². The minimum absolute atomic E-state index is 0.0271. The molecule has 17 heavy (non-hydrogen) atoms. The van der Waals surface area contributed by atoms with Gasteiger partial charge in [0.25, 0.3) is 5.69 Å². The van der Waals surface area contributed by atoms with Crippen LogP contribution in [0.1, 0.15) is 0 Å². The standard InChI is InChI=1S/C10H4BrN3O3/c11-6-4-8-10(12-13-17-8)5-2-1-3-7(9(5)6)14(15)16/h1-4H. The highest BCUT2D eigenvalue weighted by Crippen LogP contribution is 2.36. The van der Waals surface area contributed by atoms with E-state index in [1.807, 2.05) is 0 Å². The van der Waals surface area contributed by atoms with Gasteiger partial charge in [0.2, 0.25) is 0 Å². The number of aromatic nitrogens is 2. The summed E-state index contributed by atoms with van der Waals surface area (Å²) in [5.41, 5.74) is 1.04. The lowest BCUT2D eigenvalue weighted by Crippen LogP contribution is -1.90. The Morgan fingerprint density at radius 1 is 1.41 bits per heavy atom. The van der Waals surface area contributed by atoms with Gasteiger partial charge < -0.3 is 4.52 Å². The van der Waals surface area contributed by atoms with Crippen molar-refractivity contribution in [3.05, 3.63) is 38.9 Å². The Labute approximate surface area is 102 Å². The van der Waals surface area contributed by atoms with Gasteiger partial charge >= 0.3 is 0 Å². The number of rotatable bonds is 1. The first-order chi connectivity index (χ1) is 8.18. The minimum atomic E-state index is -0.424. The van der Waals surface area contributed by atoms with Gasteiger partial charge in [0.15, 0.2) is 5.58 Å². The average Bonchev–Trinajstić information content (AvgIpc) is 2.76. The number of nitrogens with zero attached hydrogens (tertiary/aromatic N) is 3. The van der Waals surface area contributed by atoms with E-state index in [0.717, 1.165) is 0 Å². The molecule has 0 amide bonds. The molecule has 0 atom stereocenters. The molecule has 0 unspecified atom stereocenters. The summed E-state index contributed by atoms with van der Waals surface area (Å²) in [6, 6.07) is 6.44. The van der Waals surface area contributed by atoms with E-state index in [9.17, 15) is 10.1 Å². The quantitative estimate of drug-likeness (QED) is 0.509. The van der Waals surface area contributed by atoms with E-state index in [0.29, 0.717) is 26.3 Å². The molecule has 2 aromatic carbocycles. The number of non-ortho nitro benzene ring substituents is 1. The molecule has 6 nitrogen and oxygen atoms in total. The van der Waals surface area contributed by atoms with Crippen LogP contribution in [0, 0.1) is 10.1 Å². The summed E-state index contributed by atoms with van der Waals surface area (Å²) in [7, 11) is 0. The lowest BCUT2D eigenvalue weighted by atomic mass is 10.1. The van der Waals surface area contributed by atoms with Gasteiger partial charge in [0.1, 0.15) is 5.52 Å². The zero-order valence-corrected chi connectivity index (χ0v) is 9.84. The molecule has 7 heteroatoms. The molecule has 3 rings (SSSR count). The molecule has 84 valence electrons. The fraction of sp³-hybridized carbons (Fsp3) is 0. The van der Waals surface area contributed by atoms with Crippen LogP contribution in [0.25, 0.3) is 21.9 Å². The molecule has 0 saturated carbocycles. The van der Waals surface area contributed by atoms with Crippen molar-refractivity contribution in [2.45, 2.75) is 0 Å². The van der Waals surface area contributed by atoms with Gasteiger partial charge in [-0.25, -0.2) is 0 Å². The topological polar surface area (TPSA) is 82.1 Å². The van der Waals surface area contributed by atoms with E-state index >= 15 is 0 Å². The summed E-state index contributed by atoms with van der Waals surface area (Å²) in [4.78, 5) is 10.5. The predicted octanol–water partition coefficient (Wildman–Crippen LogP) is 3.05. The summed E-state index contributed by atoms with van der Waals surface area (Å²) >= 11 is 3.30. The van der Waals surface area contributed by atoms with Crippen molar-refractivity contribution in [2.24, 2.45) is 0 Å². The van der Waals surface area contributed by atoms with Crippen molar-refractivity contribution in [3.63, 3.8) is 0 Å². The Bertz CT molecular complexity index is 753. The van der Waals surface area contributed by atoms with Gasteiger partial charge in [0.05, 0.1) is 10.3 Å². The number of nitro groups is 1. The molecular weight excluding hydrogens is 290 g/mol. The molecular formula is C10H4BrN3O3. The van der Waals surface area contributed by atoms with Crippen LogP contribution in [-0.4, -0.2) is 15.3 Å². The third-order valence-corrected chi connectivity index (χ3v) is 3.13. The maximum absolute atomic E-state index is 11.0. The Morgan fingerprint density at radius 2 is 2.24 bits per heavy atom. The Morgan fingerprint density at radius 3 is 3.00 bits per heavy atom. The van der Waals surface area contributed by atoms with E-state index in [2.05, 4.69) is 26.3 Å². The largest absolute Gasteiger partial charge is 0.337 e. The second-order valence-electron chi connectivity index (χ2n) is 3.43. The maximum Gasteiger partial charge on any atom is 0.278 e. The van der Waals surface area contributed by atoms with Crippen LogP contribution < -0.4 is 0 Å². The molecule has 0 bridgehead atoms. The predicted molar refractivity (Wildman–Crippen MR) is 63.7 cm³/mol. The summed E-state index contributed by atoms with van der Waals surface area (Å²) in [6.07, 6.45) is 0. The molecule has 0 fully saturated rings. The lowest BCUT2D eigenvalue weighted by Gasteiger charge is -2.01. The number of hydrogen-bond acceptors (Lipinski definition) is 5. The molecule has 0 radical (unpaired) electrons. The van der Waals surface area contributed by atoms with Gasteiger partial charge in [0, 0.05) is 27.3 Å². The number of benzene rings is 2. The van der Waals surface area contributed by atoms with Gasteiger partial charge in [-0.2, -0.15) is 0 Å². The van der Waals surface area contributed by atoms with Gasteiger partial charge in [-0.15, -0.1) is 5.10 Å². The van der Waals surface area contributed by atoms with E-state index in [-0.39, 0.29) is 5.69 Å². The van der Waals surface area contributed by atoms with Crippen molar-refractivity contribution in [2.75, 3.05) is 0 Å². The lowest BCUT2D eigenvalue weighted by molar-refractivity contribution is -0.383.